The number of amides is 1. The summed E-state index contributed by atoms with van der Waals surface area (Å²) >= 11 is 0. The third-order valence-corrected chi connectivity index (χ3v) is 10.0. The Bertz CT molecular complexity index is 1900. The van der Waals surface area contributed by atoms with Gasteiger partial charge in [0.05, 0.1) is 17.9 Å². The molecule has 0 radical (unpaired) electrons. The average molecular weight is 721 g/mol. The number of rotatable bonds is 16. The summed E-state index contributed by atoms with van der Waals surface area (Å²) in [5.41, 5.74) is 6.64. The number of benzene rings is 2. The van der Waals surface area contributed by atoms with Gasteiger partial charge in [-0.25, -0.2) is 9.36 Å². The highest BCUT2D eigenvalue weighted by Gasteiger charge is 2.29. The highest BCUT2D eigenvalue weighted by Crippen LogP contribution is 2.36. The zero-order valence-corrected chi connectivity index (χ0v) is 33.9. The van der Waals surface area contributed by atoms with Gasteiger partial charge in [-0.1, -0.05) is 105 Å². The normalized spacial score (nSPS) is 12.4. The second-order valence-electron chi connectivity index (χ2n) is 17.9. The van der Waals surface area contributed by atoms with Crippen LogP contribution in [-0.2, 0) is 29.7 Å². The molecule has 1 N–H and O–H groups in total. The number of ketones is 1. The van der Waals surface area contributed by atoms with Crippen LogP contribution in [0.15, 0.2) is 79.8 Å². The van der Waals surface area contributed by atoms with Gasteiger partial charge in [-0.3, -0.25) is 9.59 Å². The van der Waals surface area contributed by atoms with Crippen LogP contribution in [0, 0.1) is 16.2 Å². The molecule has 0 aliphatic carbocycles. The molecule has 2 aromatic heterocycles. The van der Waals surface area contributed by atoms with Crippen molar-refractivity contribution in [3.8, 4) is 0 Å². The van der Waals surface area contributed by atoms with Gasteiger partial charge in [0, 0.05) is 52.9 Å². The number of likely N-dealkylation sites (N-methyl/N-ethyl adjacent to an activating group) is 1. The summed E-state index contributed by atoms with van der Waals surface area (Å²) in [6.45, 7) is 30.3. The third kappa shape index (κ3) is 11.3. The van der Waals surface area contributed by atoms with Gasteiger partial charge in [0.15, 0.2) is 5.78 Å². The summed E-state index contributed by atoms with van der Waals surface area (Å²) in [5, 5.41) is 20.5. The van der Waals surface area contributed by atoms with E-state index < -0.39 is 5.41 Å². The van der Waals surface area contributed by atoms with Gasteiger partial charge >= 0.3 is 0 Å². The van der Waals surface area contributed by atoms with Gasteiger partial charge in [0.1, 0.15) is 6.54 Å². The SMILES string of the molecule is C=C(Cn1cc(C(C)(C)CCC(C)(C)CCc2cn(CC(=O)Nc3ccc(C(=C)C(C)(C)C)cc3)nn2)nn1)N(C)c1ccc(C(=O)C(C)(C)C)cc1. The summed E-state index contributed by atoms with van der Waals surface area (Å²) < 4.78 is 3.43. The van der Waals surface area contributed by atoms with Crippen LogP contribution in [0.25, 0.3) is 5.57 Å². The van der Waals surface area contributed by atoms with Crippen molar-refractivity contribution >= 4 is 28.6 Å². The molecule has 284 valence electrons. The standard InChI is InChI=1S/C43H60N8O2/c1-30(49(13)36-20-16-33(17-21-36)39(53)41(6,7)8)26-50-28-37(46-48-50)43(11,12)25-24-42(9,10)23-22-35-27-51(47-45-35)29-38(52)44-34-18-14-32(15-19-34)31(2)40(3,4)5/h14-21,27-28H,1-2,22-26,29H2,3-13H3,(H,44,52). The Morgan fingerprint density at radius 1 is 0.717 bits per heavy atom. The van der Waals surface area contributed by atoms with Crippen LogP contribution in [0.4, 0.5) is 11.4 Å². The molecule has 0 spiro atoms. The third-order valence-electron chi connectivity index (χ3n) is 10.0. The molecule has 0 saturated carbocycles. The lowest BCUT2D eigenvalue weighted by atomic mass is 9.75. The number of aromatic nitrogens is 6. The molecule has 4 aromatic rings. The van der Waals surface area contributed by atoms with Crippen LogP contribution in [0.3, 0.4) is 0 Å². The van der Waals surface area contributed by atoms with Crippen LogP contribution in [0.1, 0.15) is 116 Å². The predicted molar refractivity (Wildman–Crippen MR) is 216 cm³/mol. The zero-order valence-electron chi connectivity index (χ0n) is 33.9. The molecule has 4 rings (SSSR count). The number of nitrogens with one attached hydrogen (secondary N) is 1. The van der Waals surface area contributed by atoms with Crippen LogP contribution in [0.2, 0.25) is 0 Å². The second kappa shape index (κ2) is 16.0. The molecular weight excluding hydrogens is 661 g/mol. The van der Waals surface area contributed by atoms with Gasteiger partial charge < -0.3 is 10.2 Å². The number of nitrogens with zero attached hydrogens (tertiary/aromatic N) is 7. The Kier molecular flexibility index (Phi) is 12.4. The van der Waals surface area contributed by atoms with E-state index >= 15 is 0 Å². The first-order chi connectivity index (χ1) is 24.5. The van der Waals surface area contributed by atoms with Crippen molar-refractivity contribution in [3.05, 3.63) is 102 Å². The van der Waals surface area contributed by atoms with E-state index in [0.29, 0.717) is 12.1 Å². The lowest BCUT2D eigenvalue weighted by molar-refractivity contribution is -0.116. The number of allylic oxidation sites excluding steroid dienone is 2. The molecule has 0 aliphatic rings. The largest absolute Gasteiger partial charge is 0.347 e. The number of carbonyl (C=O) groups excluding carboxylic acids is 2. The van der Waals surface area contributed by atoms with Gasteiger partial charge in [-0.05, 0) is 84.0 Å². The fourth-order valence-corrected chi connectivity index (χ4v) is 5.87. The first-order valence-corrected chi connectivity index (χ1v) is 18.5. The lowest BCUT2D eigenvalue weighted by Gasteiger charge is -2.30. The Morgan fingerprint density at radius 2 is 1.30 bits per heavy atom. The molecule has 0 unspecified atom stereocenters. The highest BCUT2D eigenvalue weighted by atomic mass is 16.2. The molecule has 0 atom stereocenters. The molecule has 0 saturated heterocycles. The molecule has 0 bridgehead atoms. The van der Waals surface area contributed by atoms with E-state index in [1.165, 1.54) is 0 Å². The van der Waals surface area contributed by atoms with E-state index in [4.69, 9.17) is 0 Å². The number of Topliss-reactive ketones (excluding diaryl/α,β-unsaturated/α-hetero) is 1. The van der Waals surface area contributed by atoms with E-state index in [9.17, 15) is 9.59 Å². The number of aryl methyl sites for hydroxylation is 1. The quantitative estimate of drug-likeness (QED) is 0.115. The van der Waals surface area contributed by atoms with Crippen LogP contribution in [-0.4, -0.2) is 48.7 Å². The van der Waals surface area contributed by atoms with E-state index in [1.807, 2.05) is 98.3 Å². The van der Waals surface area contributed by atoms with E-state index in [1.54, 1.807) is 4.68 Å². The Balaban J connectivity index is 1.24. The summed E-state index contributed by atoms with van der Waals surface area (Å²) in [6.07, 6.45) is 7.53. The van der Waals surface area contributed by atoms with Crippen molar-refractivity contribution in [1.82, 2.24) is 30.0 Å². The molecule has 2 heterocycles. The molecule has 0 aliphatic heterocycles. The number of anilines is 2. The van der Waals surface area contributed by atoms with Crippen LogP contribution < -0.4 is 10.2 Å². The van der Waals surface area contributed by atoms with Crippen LogP contribution in [0.5, 0.6) is 0 Å². The van der Waals surface area contributed by atoms with Gasteiger partial charge in [0.2, 0.25) is 5.91 Å². The molecule has 10 nitrogen and oxygen atoms in total. The van der Waals surface area contributed by atoms with Crippen molar-refractivity contribution in [2.75, 3.05) is 17.3 Å². The Labute approximate surface area is 316 Å². The maximum Gasteiger partial charge on any atom is 0.246 e. The minimum atomic E-state index is -0.422. The average Bonchev–Trinajstić information content (AvgIpc) is 3.75. The summed E-state index contributed by atoms with van der Waals surface area (Å²) in [5.74, 6) is -0.0315. The van der Waals surface area contributed by atoms with Crippen molar-refractivity contribution in [1.29, 1.82) is 0 Å². The smallest absolute Gasteiger partial charge is 0.246 e. The topological polar surface area (TPSA) is 111 Å². The van der Waals surface area contributed by atoms with Crippen molar-refractivity contribution in [2.45, 2.75) is 113 Å². The number of hydrogen-bond donors (Lipinski definition) is 1. The van der Waals surface area contributed by atoms with Gasteiger partial charge in [0.25, 0.3) is 0 Å². The predicted octanol–water partition coefficient (Wildman–Crippen LogP) is 9.16. The van der Waals surface area contributed by atoms with Crippen molar-refractivity contribution in [3.63, 3.8) is 0 Å². The fraction of sp³-hybridized carbons (Fsp3) is 0.488. The van der Waals surface area contributed by atoms with Crippen molar-refractivity contribution in [2.24, 2.45) is 16.2 Å². The molecule has 1 amide bonds. The Morgan fingerprint density at radius 3 is 1.91 bits per heavy atom. The summed E-state index contributed by atoms with van der Waals surface area (Å²) in [6, 6.07) is 15.4. The van der Waals surface area contributed by atoms with E-state index in [0.717, 1.165) is 65.3 Å². The number of carbonyl (C=O) groups is 2. The minimum absolute atomic E-state index is 0.0213. The first kappa shape index (κ1) is 40.9. The van der Waals surface area contributed by atoms with E-state index in [-0.39, 0.29) is 34.5 Å². The molecule has 0 fully saturated rings. The highest BCUT2D eigenvalue weighted by molar-refractivity contribution is 6.00. The van der Waals surface area contributed by atoms with E-state index in [2.05, 4.69) is 87.6 Å². The fourth-order valence-electron chi connectivity index (χ4n) is 5.87. The maximum absolute atomic E-state index is 12.7. The zero-order chi connectivity index (χ0) is 39.4. The van der Waals surface area contributed by atoms with Gasteiger partial charge in [-0.15, -0.1) is 10.2 Å². The number of hydrogen-bond acceptors (Lipinski definition) is 7. The summed E-state index contributed by atoms with van der Waals surface area (Å²) in [4.78, 5) is 27.4. The second-order valence-corrected chi connectivity index (χ2v) is 17.9. The monoisotopic (exact) mass is 720 g/mol. The van der Waals surface area contributed by atoms with Crippen LogP contribution >= 0.6 is 0 Å². The first-order valence-electron chi connectivity index (χ1n) is 18.5. The lowest BCUT2D eigenvalue weighted by Crippen LogP contribution is -2.23. The van der Waals surface area contributed by atoms with Crippen molar-refractivity contribution < 1.29 is 9.59 Å². The molecule has 2 aromatic carbocycles. The molecular formula is C43H60N8O2. The summed E-state index contributed by atoms with van der Waals surface area (Å²) in [7, 11) is 1.97. The minimum Gasteiger partial charge on any atom is -0.347 e. The Hall–Kier alpha value is -4.86. The molecule has 53 heavy (non-hydrogen) atoms. The van der Waals surface area contributed by atoms with Gasteiger partial charge in [-0.2, -0.15) is 0 Å². The maximum atomic E-state index is 12.7. The molecule has 10 heteroatoms.